The molecule has 1 heterocycles. The second-order valence-electron chi connectivity index (χ2n) is 5.57. The Morgan fingerprint density at radius 2 is 1.96 bits per heavy atom. The van der Waals surface area contributed by atoms with Gasteiger partial charge in [0.2, 0.25) is 5.52 Å². The summed E-state index contributed by atoms with van der Waals surface area (Å²) in [4.78, 5) is 0. The summed E-state index contributed by atoms with van der Waals surface area (Å²) in [6, 6.07) is 7.66. The molecule has 0 radical (unpaired) electrons. The summed E-state index contributed by atoms with van der Waals surface area (Å²) in [5, 5.41) is -0.976. The molecule has 0 amide bonds. The van der Waals surface area contributed by atoms with E-state index in [1.165, 1.54) is 30.0 Å². The highest BCUT2D eigenvalue weighted by molar-refractivity contribution is 8.01. The molecule has 0 bridgehead atoms. The SMILES string of the molecule is CC(CC[n+]1c(SCCCS(=O)(=O)O)sc2ccccc21)S(=O)(=O)[O-]. The van der Waals surface area contributed by atoms with Crippen LogP contribution in [-0.4, -0.2) is 42.7 Å². The smallest absolute Gasteiger partial charge is 0.298 e. The standard InChI is InChI=1S/C14H19NO6S4/c1-11(25(19,20)21)7-8-15-12-5-2-3-6-13(12)23-14(15)22-9-4-10-24(16,17)18/h2-3,5-6,11H,4,7-10H2,1H3,(H-,16,17,18,19,20,21). The van der Waals surface area contributed by atoms with Crippen LogP contribution in [0.1, 0.15) is 19.8 Å². The molecular formula is C14H19NO6S4. The highest BCUT2D eigenvalue weighted by Crippen LogP contribution is 2.28. The van der Waals surface area contributed by atoms with Crippen molar-refractivity contribution in [3.05, 3.63) is 24.3 Å². The van der Waals surface area contributed by atoms with Crippen molar-refractivity contribution in [3.8, 4) is 0 Å². The van der Waals surface area contributed by atoms with Crippen molar-refractivity contribution in [3.63, 3.8) is 0 Å². The first-order chi connectivity index (χ1) is 11.6. The number of para-hydroxylation sites is 1. The predicted molar refractivity (Wildman–Crippen MR) is 97.6 cm³/mol. The quantitative estimate of drug-likeness (QED) is 0.282. The molecule has 7 nitrogen and oxygen atoms in total. The third kappa shape index (κ3) is 6.19. The molecule has 1 atom stereocenters. The maximum absolute atomic E-state index is 11.1. The first-order valence-corrected chi connectivity index (χ1v) is 12.4. The lowest BCUT2D eigenvalue weighted by molar-refractivity contribution is -0.702. The van der Waals surface area contributed by atoms with Gasteiger partial charge in [-0.25, -0.2) is 8.42 Å². The van der Waals surface area contributed by atoms with Crippen LogP contribution in [-0.2, 0) is 26.8 Å². The van der Waals surface area contributed by atoms with E-state index in [0.29, 0.717) is 18.7 Å². The van der Waals surface area contributed by atoms with Crippen LogP contribution in [0.15, 0.2) is 28.6 Å². The lowest BCUT2D eigenvalue weighted by Gasteiger charge is -2.13. The van der Waals surface area contributed by atoms with E-state index in [1.807, 2.05) is 28.8 Å². The Kier molecular flexibility index (Phi) is 6.85. The molecule has 140 valence electrons. The topological polar surface area (TPSA) is 115 Å². The molecule has 0 aliphatic heterocycles. The Morgan fingerprint density at radius 3 is 2.60 bits per heavy atom. The molecule has 2 rings (SSSR count). The molecule has 0 fully saturated rings. The lowest BCUT2D eigenvalue weighted by Crippen LogP contribution is -2.37. The van der Waals surface area contributed by atoms with Crippen molar-refractivity contribution in [2.24, 2.45) is 0 Å². The van der Waals surface area contributed by atoms with Gasteiger partial charge in [-0.2, -0.15) is 13.0 Å². The third-order valence-electron chi connectivity index (χ3n) is 3.60. The van der Waals surface area contributed by atoms with Crippen LogP contribution < -0.4 is 4.57 Å². The second kappa shape index (κ2) is 8.31. The Labute approximate surface area is 155 Å². The van der Waals surface area contributed by atoms with E-state index in [-0.39, 0.29) is 12.2 Å². The van der Waals surface area contributed by atoms with E-state index < -0.39 is 25.5 Å². The summed E-state index contributed by atoms with van der Waals surface area (Å²) < 4.78 is 67.5. The number of thiazole rings is 1. The molecule has 11 heteroatoms. The number of hydrogen-bond donors (Lipinski definition) is 1. The van der Waals surface area contributed by atoms with Crippen LogP contribution in [0.3, 0.4) is 0 Å². The number of fused-ring (bicyclic) bond motifs is 1. The first-order valence-electron chi connectivity index (χ1n) is 7.52. The van der Waals surface area contributed by atoms with Crippen LogP contribution in [0.2, 0.25) is 0 Å². The summed E-state index contributed by atoms with van der Waals surface area (Å²) >= 11 is 2.98. The highest BCUT2D eigenvalue weighted by atomic mass is 32.2. The minimum absolute atomic E-state index is 0.204. The van der Waals surface area contributed by atoms with E-state index in [4.69, 9.17) is 4.55 Å². The third-order valence-corrected chi connectivity index (χ3v) is 8.15. The van der Waals surface area contributed by atoms with Crippen molar-refractivity contribution in [2.45, 2.75) is 35.9 Å². The summed E-state index contributed by atoms with van der Waals surface area (Å²) in [6.07, 6.45) is 0.513. The van der Waals surface area contributed by atoms with Gasteiger partial charge in [-0.1, -0.05) is 23.5 Å². The number of benzene rings is 1. The summed E-state index contributed by atoms with van der Waals surface area (Å²) in [5.41, 5.74) is 0.945. The van der Waals surface area contributed by atoms with Crippen molar-refractivity contribution in [1.82, 2.24) is 0 Å². The number of nitrogens with zero attached hydrogens (tertiary/aromatic N) is 1. The number of rotatable bonds is 9. The van der Waals surface area contributed by atoms with Crippen molar-refractivity contribution < 1.29 is 30.5 Å². The molecule has 0 saturated carbocycles. The van der Waals surface area contributed by atoms with Crippen LogP contribution in [0.25, 0.3) is 10.2 Å². The molecule has 25 heavy (non-hydrogen) atoms. The zero-order valence-corrected chi connectivity index (χ0v) is 16.8. The van der Waals surface area contributed by atoms with E-state index in [9.17, 15) is 21.4 Å². The van der Waals surface area contributed by atoms with Crippen molar-refractivity contribution in [1.29, 1.82) is 0 Å². The summed E-state index contributed by atoms with van der Waals surface area (Å²) in [5.74, 6) is 0.207. The Balaban J connectivity index is 2.15. The van der Waals surface area contributed by atoms with Crippen LogP contribution in [0.5, 0.6) is 0 Å². The van der Waals surface area contributed by atoms with Gasteiger partial charge in [-0.3, -0.25) is 4.55 Å². The minimum Gasteiger partial charge on any atom is -0.748 e. The van der Waals surface area contributed by atoms with Gasteiger partial charge >= 0.3 is 0 Å². The fourth-order valence-corrected chi connectivity index (χ4v) is 5.76. The maximum atomic E-state index is 11.1. The largest absolute Gasteiger partial charge is 0.748 e. The normalized spacial score (nSPS) is 14.0. The first kappa shape index (κ1) is 20.6. The number of aryl methyl sites for hydroxylation is 1. The number of hydrogen-bond acceptors (Lipinski definition) is 7. The van der Waals surface area contributed by atoms with E-state index in [1.54, 1.807) is 0 Å². The zero-order chi connectivity index (χ0) is 18.7. The lowest BCUT2D eigenvalue weighted by atomic mass is 10.3. The van der Waals surface area contributed by atoms with Crippen LogP contribution in [0, 0.1) is 0 Å². The van der Waals surface area contributed by atoms with Gasteiger partial charge in [-0.15, -0.1) is 0 Å². The molecule has 0 aliphatic rings. The molecule has 1 aromatic carbocycles. The van der Waals surface area contributed by atoms with Gasteiger partial charge in [0.25, 0.3) is 14.5 Å². The Morgan fingerprint density at radius 1 is 1.28 bits per heavy atom. The zero-order valence-electron chi connectivity index (χ0n) is 13.5. The maximum Gasteiger partial charge on any atom is 0.298 e. The van der Waals surface area contributed by atoms with Gasteiger partial charge in [-0.05, 0) is 31.2 Å². The fourth-order valence-electron chi connectivity index (χ4n) is 2.19. The van der Waals surface area contributed by atoms with Gasteiger partial charge in [0.15, 0.2) is 6.54 Å². The highest BCUT2D eigenvalue weighted by Gasteiger charge is 2.22. The van der Waals surface area contributed by atoms with Gasteiger partial charge in [0, 0.05) is 18.2 Å². The molecule has 1 aromatic heterocycles. The van der Waals surface area contributed by atoms with E-state index in [2.05, 4.69) is 0 Å². The predicted octanol–water partition coefficient (Wildman–Crippen LogP) is 1.88. The Hall–Kier alpha value is -0.720. The average Bonchev–Trinajstić information content (AvgIpc) is 2.85. The van der Waals surface area contributed by atoms with E-state index in [0.717, 1.165) is 14.6 Å². The molecular weight excluding hydrogens is 406 g/mol. The van der Waals surface area contributed by atoms with Gasteiger partial charge in [0.1, 0.15) is 4.70 Å². The average molecular weight is 426 g/mol. The molecule has 2 aromatic rings. The van der Waals surface area contributed by atoms with E-state index >= 15 is 0 Å². The van der Waals surface area contributed by atoms with Crippen LogP contribution >= 0.6 is 23.1 Å². The molecule has 1 unspecified atom stereocenters. The minimum atomic E-state index is -4.32. The van der Waals surface area contributed by atoms with Crippen LogP contribution in [0.4, 0.5) is 0 Å². The van der Waals surface area contributed by atoms with Crippen molar-refractivity contribution >= 4 is 53.6 Å². The number of thioether (sulfide) groups is 1. The second-order valence-corrected chi connectivity index (χ2v) is 11.3. The fraction of sp³-hybridized carbons (Fsp3) is 0.500. The monoisotopic (exact) mass is 425 g/mol. The number of aromatic nitrogens is 1. The molecule has 0 saturated heterocycles. The Bertz CT molecular complexity index is 935. The summed E-state index contributed by atoms with van der Waals surface area (Å²) in [7, 11) is -8.29. The van der Waals surface area contributed by atoms with Gasteiger partial charge < -0.3 is 4.55 Å². The molecule has 1 N–H and O–H groups in total. The molecule has 0 spiro atoms. The summed E-state index contributed by atoms with van der Waals surface area (Å²) in [6.45, 7) is 1.78. The van der Waals surface area contributed by atoms with Gasteiger partial charge in [0.05, 0.1) is 21.1 Å². The molecule has 0 aliphatic carbocycles. The van der Waals surface area contributed by atoms with Crippen molar-refractivity contribution in [2.75, 3.05) is 11.5 Å².